The molecule has 1 unspecified atom stereocenters. The highest BCUT2D eigenvalue weighted by molar-refractivity contribution is 5.85. The van der Waals surface area contributed by atoms with E-state index in [0.29, 0.717) is 18.3 Å². The lowest BCUT2D eigenvalue weighted by Crippen LogP contribution is -2.44. The van der Waals surface area contributed by atoms with E-state index in [1.54, 1.807) is 0 Å². The van der Waals surface area contributed by atoms with Gasteiger partial charge in [-0.25, -0.2) is 4.79 Å². The first-order chi connectivity index (χ1) is 8.13. The summed E-state index contributed by atoms with van der Waals surface area (Å²) in [5.41, 5.74) is 0. The lowest BCUT2D eigenvalue weighted by atomic mass is 9.96. The minimum atomic E-state index is -0.912. The van der Waals surface area contributed by atoms with Crippen LogP contribution >= 0.6 is 0 Å². The fourth-order valence-corrected chi connectivity index (χ4v) is 2.54. The smallest absolute Gasteiger partial charge is 0.326 e. The van der Waals surface area contributed by atoms with Gasteiger partial charge in [0.25, 0.3) is 0 Å². The summed E-state index contributed by atoms with van der Waals surface area (Å²) in [6.07, 6.45) is 5.85. The van der Waals surface area contributed by atoms with E-state index in [9.17, 15) is 9.59 Å². The van der Waals surface area contributed by atoms with Crippen molar-refractivity contribution in [2.45, 2.75) is 51.5 Å². The number of carbonyl (C=O) groups is 2. The summed E-state index contributed by atoms with van der Waals surface area (Å²) in [4.78, 5) is 23.1. The molecule has 0 aromatic rings. The Bertz CT molecular complexity index is 296. The van der Waals surface area contributed by atoms with Crippen LogP contribution in [0, 0.1) is 17.8 Å². The van der Waals surface area contributed by atoms with Crippen LogP contribution in [0.25, 0.3) is 0 Å². The first-order valence-electron chi connectivity index (χ1n) is 6.66. The Labute approximate surface area is 102 Å². The molecule has 0 aliphatic heterocycles. The molecule has 0 aromatic carbocycles. The number of carbonyl (C=O) groups excluding carboxylic acids is 1. The molecule has 0 heterocycles. The van der Waals surface area contributed by atoms with Gasteiger partial charge in [-0.15, -0.1) is 0 Å². The average molecular weight is 239 g/mol. The van der Waals surface area contributed by atoms with Gasteiger partial charge in [0, 0.05) is 5.92 Å². The molecule has 2 aliphatic rings. The van der Waals surface area contributed by atoms with Crippen LogP contribution in [0.4, 0.5) is 0 Å². The third-order valence-electron chi connectivity index (χ3n) is 3.75. The van der Waals surface area contributed by atoms with Crippen LogP contribution in [0.5, 0.6) is 0 Å². The molecule has 2 saturated carbocycles. The Balaban J connectivity index is 1.90. The second-order valence-electron chi connectivity index (χ2n) is 5.39. The molecule has 4 nitrogen and oxygen atoms in total. The van der Waals surface area contributed by atoms with Crippen molar-refractivity contribution in [3.8, 4) is 0 Å². The van der Waals surface area contributed by atoms with Crippen LogP contribution in [0.1, 0.15) is 45.4 Å². The SMILES string of the molecule is CCCC(NC(=O)C(C1CC1)C1CC1)C(=O)O. The third-order valence-corrected chi connectivity index (χ3v) is 3.75. The molecule has 2 aliphatic carbocycles. The molecule has 0 bridgehead atoms. The van der Waals surface area contributed by atoms with Crippen LogP contribution in [0.2, 0.25) is 0 Å². The van der Waals surface area contributed by atoms with Crippen molar-refractivity contribution in [2.24, 2.45) is 17.8 Å². The highest BCUT2D eigenvalue weighted by Crippen LogP contribution is 2.49. The number of amides is 1. The zero-order chi connectivity index (χ0) is 12.4. The summed E-state index contributed by atoms with van der Waals surface area (Å²) in [7, 11) is 0. The Morgan fingerprint density at radius 1 is 1.24 bits per heavy atom. The summed E-state index contributed by atoms with van der Waals surface area (Å²) in [5.74, 6) is 0.215. The maximum Gasteiger partial charge on any atom is 0.326 e. The van der Waals surface area contributed by atoms with Crippen molar-refractivity contribution in [1.29, 1.82) is 0 Å². The molecule has 4 heteroatoms. The fraction of sp³-hybridized carbons (Fsp3) is 0.846. The minimum Gasteiger partial charge on any atom is -0.480 e. The number of rotatable bonds is 7. The number of aliphatic carboxylic acids is 1. The molecule has 2 rings (SSSR count). The summed E-state index contributed by atoms with van der Waals surface area (Å²) < 4.78 is 0. The minimum absolute atomic E-state index is 0.0177. The summed E-state index contributed by atoms with van der Waals surface area (Å²) >= 11 is 0. The average Bonchev–Trinajstić information content (AvgIpc) is 3.11. The quantitative estimate of drug-likeness (QED) is 0.711. The monoisotopic (exact) mass is 239 g/mol. The topological polar surface area (TPSA) is 66.4 Å². The normalized spacial score (nSPS) is 21.3. The zero-order valence-corrected chi connectivity index (χ0v) is 10.3. The molecule has 2 N–H and O–H groups in total. The van der Waals surface area contributed by atoms with E-state index in [2.05, 4.69) is 5.32 Å². The van der Waals surface area contributed by atoms with Crippen LogP contribution in [-0.4, -0.2) is 23.0 Å². The number of carboxylic acids is 1. The highest BCUT2D eigenvalue weighted by Gasteiger charge is 2.46. The maximum absolute atomic E-state index is 12.1. The number of hydrogen-bond acceptors (Lipinski definition) is 2. The Morgan fingerprint density at radius 3 is 2.12 bits per heavy atom. The number of hydrogen-bond donors (Lipinski definition) is 2. The number of carboxylic acid groups (broad SMARTS) is 1. The molecule has 96 valence electrons. The summed E-state index contributed by atoms with van der Waals surface area (Å²) in [6, 6.07) is -0.701. The van der Waals surface area contributed by atoms with Crippen molar-refractivity contribution < 1.29 is 14.7 Å². The molecule has 17 heavy (non-hydrogen) atoms. The fourth-order valence-electron chi connectivity index (χ4n) is 2.54. The van der Waals surface area contributed by atoms with Gasteiger partial charge in [-0.1, -0.05) is 13.3 Å². The molecule has 0 saturated heterocycles. The molecule has 1 amide bonds. The van der Waals surface area contributed by atoms with Crippen LogP contribution in [0.15, 0.2) is 0 Å². The van der Waals surface area contributed by atoms with Crippen molar-refractivity contribution in [2.75, 3.05) is 0 Å². The van der Waals surface area contributed by atoms with Crippen LogP contribution in [-0.2, 0) is 9.59 Å². The van der Waals surface area contributed by atoms with E-state index in [0.717, 1.165) is 32.1 Å². The van der Waals surface area contributed by atoms with E-state index < -0.39 is 12.0 Å². The molecule has 0 aromatic heterocycles. The van der Waals surface area contributed by atoms with Crippen molar-refractivity contribution >= 4 is 11.9 Å². The predicted octanol–water partition coefficient (Wildman–Crippen LogP) is 1.79. The van der Waals surface area contributed by atoms with Gasteiger partial charge < -0.3 is 10.4 Å². The van der Waals surface area contributed by atoms with Crippen molar-refractivity contribution in [3.05, 3.63) is 0 Å². The van der Waals surface area contributed by atoms with Gasteiger partial charge in [-0.2, -0.15) is 0 Å². The molecular formula is C13H21NO3. The van der Waals surface area contributed by atoms with Crippen molar-refractivity contribution in [3.63, 3.8) is 0 Å². The molecule has 0 spiro atoms. The lowest BCUT2D eigenvalue weighted by molar-refractivity contribution is -0.143. The Hall–Kier alpha value is -1.06. The predicted molar refractivity (Wildman–Crippen MR) is 63.4 cm³/mol. The third kappa shape index (κ3) is 3.20. The lowest BCUT2D eigenvalue weighted by Gasteiger charge is -2.19. The summed E-state index contributed by atoms with van der Waals surface area (Å²) in [5, 5.41) is 11.8. The maximum atomic E-state index is 12.1. The van der Waals surface area contributed by atoms with E-state index in [1.165, 1.54) is 0 Å². The van der Waals surface area contributed by atoms with Crippen LogP contribution < -0.4 is 5.32 Å². The molecule has 1 atom stereocenters. The van der Waals surface area contributed by atoms with Gasteiger partial charge in [0.2, 0.25) is 5.91 Å². The standard InChI is InChI=1S/C13H21NO3/c1-2-3-10(13(16)17)14-12(15)11(8-4-5-8)9-6-7-9/h8-11H,2-7H2,1H3,(H,14,15)(H,16,17). The second kappa shape index (κ2) is 5.07. The van der Waals surface area contributed by atoms with Gasteiger partial charge >= 0.3 is 5.97 Å². The summed E-state index contributed by atoms with van der Waals surface area (Å²) in [6.45, 7) is 1.93. The van der Waals surface area contributed by atoms with E-state index >= 15 is 0 Å². The first kappa shape index (κ1) is 12.4. The van der Waals surface area contributed by atoms with E-state index in [4.69, 9.17) is 5.11 Å². The Kier molecular flexibility index (Phi) is 3.69. The Morgan fingerprint density at radius 2 is 1.76 bits per heavy atom. The second-order valence-corrected chi connectivity index (χ2v) is 5.39. The molecule has 0 radical (unpaired) electrons. The van der Waals surface area contributed by atoms with Gasteiger partial charge in [0.15, 0.2) is 0 Å². The van der Waals surface area contributed by atoms with E-state index in [-0.39, 0.29) is 11.8 Å². The van der Waals surface area contributed by atoms with Gasteiger partial charge in [0.1, 0.15) is 6.04 Å². The highest BCUT2D eigenvalue weighted by atomic mass is 16.4. The van der Waals surface area contributed by atoms with Crippen molar-refractivity contribution in [1.82, 2.24) is 5.32 Å². The first-order valence-corrected chi connectivity index (χ1v) is 6.66. The van der Waals surface area contributed by atoms with Gasteiger partial charge in [0.05, 0.1) is 0 Å². The zero-order valence-electron chi connectivity index (χ0n) is 10.3. The van der Waals surface area contributed by atoms with Gasteiger partial charge in [-0.05, 0) is 43.9 Å². The van der Waals surface area contributed by atoms with Gasteiger partial charge in [-0.3, -0.25) is 4.79 Å². The van der Waals surface area contributed by atoms with Crippen LogP contribution in [0.3, 0.4) is 0 Å². The van der Waals surface area contributed by atoms with E-state index in [1.807, 2.05) is 6.92 Å². The molecule has 2 fully saturated rings. The largest absolute Gasteiger partial charge is 0.480 e. The molecular weight excluding hydrogens is 218 g/mol. The number of nitrogens with one attached hydrogen (secondary N) is 1.